The molecule has 19 heavy (non-hydrogen) atoms. The summed E-state index contributed by atoms with van der Waals surface area (Å²) in [6, 6.07) is 7.19. The molecule has 100 valence electrons. The number of para-hydroxylation sites is 1. The van der Waals surface area contributed by atoms with Crippen molar-refractivity contribution < 1.29 is 23.4 Å². The maximum atomic E-state index is 11.6. The smallest absolute Gasteiger partial charge is 0.374 e. The molecule has 0 unspecified atom stereocenters. The van der Waals surface area contributed by atoms with Crippen molar-refractivity contribution >= 4 is 16.9 Å². The normalized spacial score (nSPS) is 17.4. The molecule has 5 nitrogen and oxygen atoms in total. The Morgan fingerprint density at radius 3 is 3.05 bits per heavy atom. The molecule has 1 atom stereocenters. The number of hydrogen-bond acceptors (Lipinski definition) is 5. The average Bonchev–Trinajstić information content (AvgIpc) is 3.13. The number of furan rings is 1. The fourth-order valence-electron chi connectivity index (χ4n) is 1.80. The molecule has 2 aromatic rings. The number of ether oxygens (including phenoxy) is 3. The lowest BCUT2D eigenvalue weighted by Crippen LogP contribution is -2.04. The summed E-state index contributed by atoms with van der Waals surface area (Å²) in [5.74, 6) is 0.342. The zero-order chi connectivity index (χ0) is 13.2. The van der Waals surface area contributed by atoms with Crippen LogP contribution in [0.4, 0.5) is 0 Å². The van der Waals surface area contributed by atoms with Crippen molar-refractivity contribution in [2.24, 2.45) is 0 Å². The fourth-order valence-corrected chi connectivity index (χ4v) is 1.80. The van der Waals surface area contributed by atoms with Gasteiger partial charge in [0.15, 0.2) is 11.3 Å². The van der Waals surface area contributed by atoms with Gasteiger partial charge < -0.3 is 18.6 Å². The quantitative estimate of drug-likeness (QED) is 0.611. The summed E-state index contributed by atoms with van der Waals surface area (Å²) in [7, 11) is 0. The molecule has 1 aromatic carbocycles. The van der Waals surface area contributed by atoms with Gasteiger partial charge in [-0.25, -0.2) is 4.79 Å². The van der Waals surface area contributed by atoms with Crippen LogP contribution in [0.1, 0.15) is 17.5 Å². The molecule has 1 aromatic heterocycles. The summed E-state index contributed by atoms with van der Waals surface area (Å²) >= 11 is 0. The summed E-state index contributed by atoms with van der Waals surface area (Å²) in [5, 5.41) is 0.817. The second kappa shape index (κ2) is 4.93. The average molecular weight is 262 g/mol. The van der Waals surface area contributed by atoms with Crippen LogP contribution in [-0.4, -0.2) is 31.9 Å². The van der Waals surface area contributed by atoms with Crippen LogP contribution >= 0.6 is 0 Å². The maximum Gasteiger partial charge on any atom is 0.374 e. The molecule has 0 spiro atoms. The number of epoxide rings is 1. The van der Waals surface area contributed by atoms with Gasteiger partial charge in [0.2, 0.25) is 5.76 Å². The van der Waals surface area contributed by atoms with E-state index in [0.29, 0.717) is 24.5 Å². The van der Waals surface area contributed by atoms with E-state index in [1.54, 1.807) is 13.0 Å². The van der Waals surface area contributed by atoms with Gasteiger partial charge in [-0.05, 0) is 19.1 Å². The van der Waals surface area contributed by atoms with E-state index in [9.17, 15) is 4.79 Å². The summed E-state index contributed by atoms with van der Waals surface area (Å²) in [4.78, 5) is 11.6. The van der Waals surface area contributed by atoms with Crippen LogP contribution < -0.4 is 4.74 Å². The molecule has 5 heteroatoms. The van der Waals surface area contributed by atoms with Crippen LogP contribution in [-0.2, 0) is 9.47 Å². The standard InChI is InChI=1S/C14H14O5/c1-2-16-14(15)12-6-9-4-3-5-11(13(9)19-12)18-8-10-7-17-10/h3-6,10H,2,7-8H2,1H3/t10-/m0/s1. The lowest BCUT2D eigenvalue weighted by Gasteiger charge is -2.03. The molecular weight excluding hydrogens is 248 g/mol. The second-order valence-corrected chi connectivity index (χ2v) is 4.27. The minimum absolute atomic E-state index is 0.176. The molecule has 1 saturated heterocycles. The minimum Gasteiger partial charge on any atom is -0.487 e. The first-order chi connectivity index (χ1) is 9.28. The molecule has 0 aliphatic carbocycles. The van der Waals surface area contributed by atoms with Gasteiger partial charge in [-0.2, -0.15) is 0 Å². The Bertz CT molecular complexity index is 597. The summed E-state index contributed by atoms with van der Waals surface area (Å²) in [6.07, 6.45) is 0.176. The SMILES string of the molecule is CCOC(=O)c1cc2cccc(OC[C@@H]3CO3)c2o1. The van der Waals surface area contributed by atoms with Crippen molar-refractivity contribution in [2.75, 3.05) is 19.8 Å². The van der Waals surface area contributed by atoms with Crippen LogP contribution in [0.2, 0.25) is 0 Å². The van der Waals surface area contributed by atoms with Crippen molar-refractivity contribution in [3.63, 3.8) is 0 Å². The zero-order valence-corrected chi connectivity index (χ0v) is 10.5. The molecular formula is C14H14O5. The molecule has 3 rings (SSSR count). The Kier molecular flexibility index (Phi) is 3.13. The topological polar surface area (TPSA) is 61.2 Å². The van der Waals surface area contributed by atoms with E-state index >= 15 is 0 Å². The summed E-state index contributed by atoms with van der Waals surface area (Å²) in [6.45, 7) is 3.31. The van der Waals surface area contributed by atoms with Crippen molar-refractivity contribution in [3.8, 4) is 5.75 Å². The van der Waals surface area contributed by atoms with Crippen LogP contribution in [0.15, 0.2) is 28.7 Å². The second-order valence-electron chi connectivity index (χ2n) is 4.27. The van der Waals surface area contributed by atoms with E-state index < -0.39 is 5.97 Å². The molecule has 0 N–H and O–H groups in total. The van der Waals surface area contributed by atoms with E-state index in [0.717, 1.165) is 12.0 Å². The Labute approximate surface area is 110 Å². The summed E-state index contributed by atoms with van der Waals surface area (Å²) in [5.41, 5.74) is 0.561. The number of carbonyl (C=O) groups excluding carboxylic acids is 1. The van der Waals surface area contributed by atoms with Crippen LogP contribution in [0.5, 0.6) is 5.75 Å². The van der Waals surface area contributed by atoms with Gasteiger partial charge in [-0.1, -0.05) is 12.1 Å². The highest BCUT2D eigenvalue weighted by Crippen LogP contribution is 2.29. The van der Waals surface area contributed by atoms with E-state index in [-0.39, 0.29) is 11.9 Å². The van der Waals surface area contributed by atoms with Gasteiger partial charge in [0.1, 0.15) is 12.7 Å². The molecule has 0 radical (unpaired) electrons. The molecule has 1 fully saturated rings. The van der Waals surface area contributed by atoms with Gasteiger partial charge in [-0.3, -0.25) is 0 Å². The number of rotatable bonds is 5. The van der Waals surface area contributed by atoms with E-state index in [2.05, 4.69) is 0 Å². The molecule has 1 aliphatic heterocycles. The van der Waals surface area contributed by atoms with Crippen molar-refractivity contribution in [2.45, 2.75) is 13.0 Å². The zero-order valence-electron chi connectivity index (χ0n) is 10.5. The molecule has 0 bridgehead atoms. The number of esters is 1. The van der Waals surface area contributed by atoms with E-state index in [1.165, 1.54) is 0 Å². The van der Waals surface area contributed by atoms with Gasteiger partial charge in [0, 0.05) is 5.39 Å². The molecule has 0 saturated carbocycles. The van der Waals surface area contributed by atoms with Gasteiger partial charge in [0.25, 0.3) is 0 Å². The van der Waals surface area contributed by atoms with Crippen molar-refractivity contribution in [1.82, 2.24) is 0 Å². The van der Waals surface area contributed by atoms with Gasteiger partial charge in [0.05, 0.1) is 13.2 Å². The van der Waals surface area contributed by atoms with Gasteiger partial charge >= 0.3 is 5.97 Å². The van der Waals surface area contributed by atoms with Crippen molar-refractivity contribution in [3.05, 3.63) is 30.0 Å². The highest BCUT2D eigenvalue weighted by Gasteiger charge is 2.24. The predicted molar refractivity (Wildman–Crippen MR) is 67.4 cm³/mol. The number of hydrogen-bond donors (Lipinski definition) is 0. The third-order valence-corrected chi connectivity index (χ3v) is 2.81. The highest BCUT2D eigenvalue weighted by molar-refractivity contribution is 5.94. The minimum atomic E-state index is -0.463. The van der Waals surface area contributed by atoms with Gasteiger partial charge in [-0.15, -0.1) is 0 Å². The monoisotopic (exact) mass is 262 g/mol. The lowest BCUT2D eigenvalue weighted by molar-refractivity contribution is 0.0492. The highest BCUT2D eigenvalue weighted by atomic mass is 16.6. The first-order valence-corrected chi connectivity index (χ1v) is 6.22. The Hall–Kier alpha value is -2.01. The number of benzene rings is 1. The Morgan fingerprint density at radius 2 is 2.32 bits per heavy atom. The Morgan fingerprint density at radius 1 is 1.47 bits per heavy atom. The molecule has 1 aliphatic rings. The van der Waals surface area contributed by atoms with E-state index in [4.69, 9.17) is 18.6 Å². The third-order valence-electron chi connectivity index (χ3n) is 2.81. The van der Waals surface area contributed by atoms with Crippen molar-refractivity contribution in [1.29, 1.82) is 0 Å². The number of fused-ring (bicyclic) bond motifs is 1. The van der Waals surface area contributed by atoms with Crippen LogP contribution in [0.25, 0.3) is 11.0 Å². The summed E-state index contributed by atoms with van der Waals surface area (Å²) < 4.78 is 21.2. The lowest BCUT2D eigenvalue weighted by atomic mass is 10.2. The fraction of sp³-hybridized carbons (Fsp3) is 0.357. The third kappa shape index (κ3) is 2.56. The van der Waals surface area contributed by atoms with Crippen LogP contribution in [0.3, 0.4) is 0 Å². The predicted octanol–water partition coefficient (Wildman–Crippen LogP) is 2.39. The Balaban J connectivity index is 1.87. The largest absolute Gasteiger partial charge is 0.487 e. The van der Waals surface area contributed by atoms with Crippen LogP contribution in [0, 0.1) is 0 Å². The van der Waals surface area contributed by atoms with E-state index in [1.807, 2.05) is 18.2 Å². The maximum absolute atomic E-state index is 11.6. The first kappa shape index (κ1) is 12.0. The number of carbonyl (C=O) groups is 1. The molecule has 0 amide bonds. The molecule has 2 heterocycles. The first-order valence-electron chi connectivity index (χ1n) is 6.22.